The van der Waals surface area contributed by atoms with Crippen molar-refractivity contribution in [2.75, 3.05) is 5.43 Å². The summed E-state index contributed by atoms with van der Waals surface area (Å²) >= 11 is 0. The highest BCUT2D eigenvalue weighted by Crippen LogP contribution is 1.83. The number of amides is 2. The molecular weight excluding hydrogens is 138 g/mol. The van der Waals surface area contributed by atoms with E-state index in [-0.39, 0.29) is 5.95 Å². The molecule has 1 aromatic rings. The monoisotopic (exact) mass is 143 g/mol. The number of tetrazole rings is 1. The van der Waals surface area contributed by atoms with Gasteiger partial charge in [0.05, 0.1) is 0 Å². The van der Waals surface area contributed by atoms with Gasteiger partial charge in [0.1, 0.15) is 0 Å². The zero-order valence-electron chi connectivity index (χ0n) is 4.83. The maximum atomic E-state index is 10.1. The summed E-state index contributed by atoms with van der Waals surface area (Å²) in [5.74, 6) is 0.152. The molecule has 0 spiro atoms. The number of carbonyl (C=O) groups excluding carboxylic acids is 1. The number of urea groups is 1. The smallest absolute Gasteiger partial charge is 0.330 e. The highest BCUT2D eigenvalue weighted by molar-refractivity contribution is 5.72. The fourth-order valence-electron chi connectivity index (χ4n) is 0.332. The summed E-state index contributed by atoms with van der Waals surface area (Å²) < 4.78 is 0. The zero-order chi connectivity index (χ0) is 7.40. The molecule has 10 heavy (non-hydrogen) atoms. The molecule has 0 aliphatic heterocycles. The van der Waals surface area contributed by atoms with E-state index >= 15 is 0 Å². The Bertz CT molecular complexity index is 203. The molecule has 0 unspecified atom stereocenters. The summed E-state index contributed by atoms with van der Waals surface area (Å²) in [6.45, 7) is 0. The summed E-state index contributed by atoms with van der Waals surface area (Å²) in [5, 5.41) is 12.3. The van der Waals surface area contributed by atoms with Crippen molar-refractivity contribution in [1.29, 1.82) is 0 Å². The van der Waals surface area contributed by atoms with E-state index in [0.29, 0.717) is 0 Å². The van der Waals surface area contributed by atoms with Crippen molar-refractivity contribution in [3.63, 3.8) is 0 Å². The van der Waals surface area contributed by atoms with Crippen LogP contribution in [-0.4, -0.2) is 26.7 Å². The molecule has 0 radical (unpaired) electrons. The number of rotatable bonds is 2. The largest absolute Gasteiger partial charge is 0.350 e. The first-order chi connectivity index (χ1) is 4.79. The van der Waals surface area contributed by atoms with Gasteiger partial charge in [-0.05, 0) is 5.21 Å². The first kappa shape index (κ1) is 6.26. The second-order valence-electron chi connectivity index (χ2n) is 1.35. The molecule has 0 aliphatic carbocycles. The van der Waals surface area contributed by atoms with E-state index in [0.717, 1.165) is 0 Å². The number of aromatic amines is 1. The topological polar surface area (TPSA) is 122 Å². The van der Waals surface area contributed by atoms with E-state index < -0.39 is 6.03 Å². The maximum Gasteiger partial charge on any atom is 0.330 e. The van der Waals surface area contributed by atoms with Crippen molar-refractivity contribution < 1.29 is 4.79 Å². The van der Waals surface area contributed by atoms with E-state index in [1.54, 1.807) is 0 Å². The van der Waals surface area contributed by atoms with Gasteiger partial charge in [-0.2, -0.15) is 5.21 Å². The Morgan fingerprint density at radius 2 is 2.50 bits per heavy atom. The Hall–Kier alpha value is -1.86. The summed E-state index contributed by atoms with van der Waals surface area (Å²) in [7, 11) is 0. The molecular formula is C2H5N7O. The van der Waals surface area contributed by atoms with Gasteiger partial charge in [0.25, 0.3) is 5.95 Å². The lowest BCUT2D eigenvalue weighted by Gasteiger charge is -1.97. The van der Waals surface area contributed by atoms with Crippen LogP contribution in [0.15, 0.2) is 0 Å². The van der Waals surface area contributed by atoms with Crippen molar-refractivity contribution in [3.8, 4) is 0 Å². The second-order valence-corrected chi connectivity index (χ2v) is 1.35. The third-order valence-corrected chi connectivity index (χ3v) is 0.643. The minimum atomic E-state index is -0.718. The van der Waals surface area contributed by atoms with Crippen LogP contribution in [0.25, 0.3) is 0 Å². The number of hydrazine groups is 1. The Labute approximate surface area is 55.1 Å². The average molecular weight is 143 g/mol. The molecule has 8 heteroatoms. The van der Waals surface area contributed by atoms with Crippen molar-refractivity contribution >= 4 is 12.0 Å². The van der Waals surface area contributed by atoms with Gasteiger partial charge in [-0.15, -0.1) is 5.10 Å². The van der Waals surface area contributed by atoms with Gasteiger partial charge < -0.3 is 5.73 Å². The van der Waals surface area contributed by atoms with E-state index in [1.807, 2.05) is 0 Å². The van der Waals surface area contributed by atoms with Crippen LogP contribution in [0.2, 0.25) is 0 Å². The number of hydrogen-bond acceptors (Lipinski definition) is 5. The van der Waals surface area contributed by atoms with Gasteiger partial charge in [0, 0.05) is 0 Å². The van der Waals surface area contributed by atoms with Crippen LogP contribution in [0.5, 0.6) is 0 Å². The van der Waals surface area contributed by atoms with Crippen molar-refractivity contribution in [2.24, 2.45) is 5.73 Å². The van der Waals surface area contributed by atoms with Crippen molar-refractivity contribution in [2.45, 2.75) is 0 Å². The number of H-pyrrole nitrogens is 1. The van der Waals surface area contributed by atoms with E-state index in [2.05, 4.69) is 31.5 Å². The molecule has 54 valence electrons. The third-order valence-electron chi connectivity index (χ3n) is 0.643. The van der Waals surface area contributed by atoms with Gasteiger partial charge in [-0.3, -0.25) is 5.43 Å². The predicted molar refractivity (Wildman–Crippen MR) is 30.5 cm³/mol. The molecule has 8 nitrogen and oxygen atoms in total. The zero-order valence-corrected chi connectivity index (χ0v) is 4.83. The van der Waals surface area contributed by atoms with Crippen molar-refractivity contribution in [3.05, 3.63) is 0 Å². The number of nitrogens with zero attached hydrogens (tertiary/aromatic N) is 3. The second kappa shape index (κ2) is 2.62. The fourth-order valence-corrected chi connectivity index (χ4v) is 0.332. The molecule has 5 N–H and O–H groups in total. The Balaban J connectivity index is 2.35. The van der Waals surface area contributed by atoms with Gasteiger partial charge >= 0.3 is 6.03 Å². The summed E-state index contributed by atoms with van der Waals surface area (Å²) in [6, 6.07) is -0.718. The molecule has 0 aliphatic rings. The number of primary amides is 1. The van der Waals surface area contributed by atoms with E-state index in [1.165, 1.54) is 0 Å². The number of aromatic nitrogens is 4. The van der Waals surface area contributed by atoms with Gasteiger partial charge in [-0.25, -0.2) is 10.2 Å². The van der Waals surface area contributed by atoms with Crippen LogP contribution >= 0.6 is 0 Å². The summed E-state index contributed by atoms with van der Waals surface area (Å²) in [6.07, 6.45) is 0. The van der Waals surface area contributed by atoms with Gasteiger partial charge in [0.2, 0.25) is 0 Å². The van der Waals surface area contributed by atoms with Crippen LogP contribution in [0.1, 0.15) is 0 Å². The molecule has 1 aromatic heterocycles. The Morgan fingerprint density at radius 1 is 1.70 bits per heavy atom. The minimum Gasteiger partial charge on any atom is -0.350 e. The molecule has 0 atom stereocenters. The predicted octanol–water partition coefficient (Wildman–Crippen LogP) is -1.81. The van der Waals surface area contributed by atoms with E-state index in [9.17, 15) is 4.79 Å². The van der Waals surface area contributed by atoms with Crippen LogP contribution in [0, 0.1) is 0 Å². The Kier molecular flexibility index (Phi) is 1.64. The highest BCUT2D eigenvalue weighted by Gasteiger charge is 1.94. The third kappa shape index (κ3) is 1.58. The maximum absolute atomic E-state index is 10.1. The van der Waals surface area contributed by atoms with Crippen molar-refractivity contribution in [1.82, 2.24) is 26.0 Å². The average Bonchev–Trinajstić information content (AvgIpc) is 2.34. The molecule has 1 rings (SSSR count). The summed E-state index contributed by atoms with van der Waals surface area (Å²) in [5.41, 5.74) is 9.05. The van der Waals surface area contributed by atoms with Gasteiger partial charge in [-0.1, -0.05) is 5.10 Å². The quantitative estimate of drug-likeness (QED) is 0.363. The lowest BCUT2D eigenvalue weighted by atomic mass is 11.0. The molecule has 1 heterocycles. The molecule has 0 fully saturated rings. The molecule has 2 amide bonds. The number of nitrogens with two attached hydrogens (primary N) is 1. The highest BCUT2D eigenvalue weighted by atomic mass is 16.2. The lowest BCUT2D eigenvalue weighted by molar-refractivity contribution is 0.250. The Morgan fingerprint density at radius 3 is 3.00 bits per heavy atom. The first-order valence-electron chi connectivity index (χ1n) is 2.34. The van der Waals surface area contributed by atoms with E-state index in [4.69, 9.17) is 5.73 Å². The number of carbonyl (C=O) groups is 1. The van der Waals surface area contributed by atoms with Crippen LogP contribution in [0.3, 0.4) is 0 Å². The van der Waals surface area contributed by atoms with Crippen LogP contribution < -0.4 is 16.6 Å². The minimum absolute atomic E-state index is 0.152. The van der Waals surface area contributed by atoms with Gasteiger partial charge in [0.15, 0.2) is 0 Å². The molecule has 0 bridgehead atoms. The number of anilines is 1. The number of hydrogen-bond donors (Lipinski definition) is 4. The lowest BCUT2D eigenvalue weighted by Crippen LogP contribution is -2.34. The first-order valence-corrected chi connectivity index (χ1v) is 2.34. The normalized spacial score (nSPS) is 8.80. The number of nitrogens with one attached hydrogen (secondary N) is 3. The molecule has 0 saturated carbocycles. The van der Waals surface area contributed by atoms with Crippen LogP contribution in [0.4, 0.5) is 10.7 Å². The molecule has 0 saturated heterocycles. The standard InChI is InChI=1S/C2H5N7O/c3-1(10)4-5-2-6-8-9-7-2/h(H3,3,4,10)(H2,5,6,7,8,9). The van der Waals surface area contributed by atoms with Crippen LogP contribution in [-0.2, 0) is 0 Å². The summed E-state index contributed by atoms with van der Waals surface area (Å²) in [4.78, 5) is 10.1. The SMILES string of the molecule is NC(=O)NNc1nn[nH]n1. The fraction of sp³-hybridized carbons (Fsp3) is 0. The molecule has 0 aromatic carbocycles.